The molecule has 2 N–H and O–H groups in total. The van der Waals surface area contributed by atoms with Crippen LogP contribution < -0.4 is 5.73 Å². The van der Waals surface area contributed by atoms with Gasteiger partial charge < -0.3 is 5.73 Å². The van der Waals surface area contributed by atoms with Gasteiger partial charge in [-0.2, -0.15) is 0 Å². The SMILES string of the molecule is NC(Cc1ccccc1Cl)Cc1cccc(Cl)c1F. The molecule has 1 nitrogen and oxygen atoms in total. The van der Waals surface area contributed by atoms with Crippen LogP contribution in [0.4, 0.5) is 4.39 Å². The van der Waals surface area contributed by atoms with Gasteiger partial charge in [0.1, 0.15) is 5.82 Å². The normalized spacial score (nSPS) is 12.4. The number of nitrogens with two attached hydrogens (primary N) is 1. The quantitative estimate of drug-likeness (QED) is 0.897. The molecule has 2 aromatic rings. The molecule has 0 saturated heterocycles. The summed E-state index contributed by atoms with van der Waals surface area (Å²) in [5.74, 6) is -0.390. The lowest BCUT2D eigenvalue weighted by molar-refractivity contribution is 0.584. The summed E-state index contributed by atoms with van der Waals surface area (Å²) in [6.07, 6.45) is 1.03. The van der Waals surface area contributed by atoms with E-state index in [-0.39, 0.29) is 11.1 Å². The zero-order chi connectivity index (χ0) is 13.8. The van der Waals surface area contributed by atoms with Gasteiger partial charge in [-0.25, -0.2) is 4.39 Å². The molecule has 0 amide bonds. The maximum atomic E-state index is 13.8. The van der Waals surface area contributed by atoms with Gasteiger partial charge in [0.05, 0.1) is 5.02 Å². The molecule has 4 heteroatoms. The summed E-state index contributed by atoms with van der Waals surface area (Å²) in [5.41, 5.74) is 7.56. The highest BCUT2D eigenvalue weighted by Gasteiger charge is 2.12. The molecule has 0 aliphatic carbocycles. The average Bonchev–Trinajstić information content (AvgIpc) is 2.38. The van der Waals surface area contributed by atoms with Crippen molar-refractivity contribution < 1.29 is 4.39 Å². The number of rotatable bonds is 4. The Balaban J connectivity index is 2.08. The summed E-state index contributed by atoms with van der Waals surface area (Å²) in [7, 11) is 0. The van der Waals surface area contributed by atoms with Crippen LogP contribution in [0, 0.1) is 5.82 Å². The number of hydrogen-bond acceptors (Lipinski definition) is 1. The lowest BCUT2D eigenvalue weighted by Gasteiger charge is -2.13. The van der Waals surface area contributed by atoms with E-state index in [2.05, 4.69) is 0 Å². The summed E-state index contributed by atoms with van der Waals surface area (Å²) >= 11 is 11.8. The molecule has 0 bridgehead atoms. The minimum absolute atomic E-state index is 0.127. The summed E-state index contributed by atoms with van der Waals surface area (Å²) in [6, 6.07) is 12.3. The number of halogens is 3. The van der Waals surface area contributed by atoms with E-state index >= 15 is 0 Å². The molecule has 0 fully saturated rings. The van der Waals surface area contributed by atoms with E-state index in [4.69, 9.17) is 28.9 Å². The van der Waals surface area contributed by atoms with Gasteiger partial charge in [-0.3, -0.25) is 0 Å². The molecule has 2 aromatic carbocycles. The fourth-order valence-corrected chi connectivity index (χ4v) is 2.41. The third-order valence-electron chi connectivity index (χ3n) is 2.95. The standard InChI is InChI=1S/C15H14Cl2FN/c16-13-6-2-1-4-10(13)8-12(19)9-11-5-3-7-14(17)15(11)18/h1-7,12H,8-9,19H2. The molecule has 0 aliphatic heterocycles. The van der Waals surface area contributed by atoms with Crippen molar-refractivity contribution in [1.82, 2.24) is 0 Å². The highest BCUT2D eigenvalue weighted by atomic mass is 35.5. The maximum absolute atomic E-state index is 13.8. The van der Waals surface area contributed by atoms with Crippen LogP contribution in [0.3, 0.4) is 0 Å². The van der Waals surface area contributed by atoms with Crippen LogP contribution in [-0.2, 0) is 12.8 Å². The first-order chi connectivity index (χ1) is 9.08. The van der Waals surface area contributed by atoms with Gasteiger partial charge in [-0.15, -0.1) is 0 Å². The largest absolute Gasteiger partial charge is 0.327 e. The van der Waals surface area contributed by atoms with Crippen LogP contribution in [0.1, 0.15) is 11.1 Å². The van der Waals surface area contributed by atoms with Crippen molar-refractivity contribution in [3.05, 3.63) is 69.5 Å². The van der Waals surface area contributed by atoms with E-state index < -0.39 is 5.82 Å². The highest BCUT2D eigenvalue weighted by Crippen LogP contribution is 2.21. The van der Waals surface area contributed by atoms with Crippen molar-refractivity contribution in [2.24, 2.45) is 5.73 Å². The lowest BCUT2D eigenvalue weighted by Crippen LogP contribution is -2.26. The first kappa shape index (κ1) is 14.3. The fourth-order valence-electron chi connectivity index (χ4n) is 2.01. The Hall–Kier alpha value is -1.09. The van der Waals surface area contributed by atoms with Gasteiger partial charge in [-0.1, -0.05) is 53.5 Å². The van der Waals surface area contributed by atoms with Crippen molar-refractivity contribution in [3.8, 4) is 0 Å². The van der Waals surface area contributed by atoms with Gasteiger partial charge in [0.25, 0.3) is 0 Å². The Morgan fingerprint density at radius 2 is 1.47 bits per heavy atom. The highest BCUT2D eigenvalue weighted by molar-refractivity contribution is 6.31. The van der Waals surface area contributed by atoms with Crippen LogP contribution >= 0.6 is 23.2 Å². The molecular formula is C15H14Cl2FN. The van der Waals surface area contributed by atoms with Crippen LogP contribution in [0.25, 0.3) is 0 Å². The molecule has 100 valence electrons. The Kier molecular flexibility index (Phi) is 4.81. The van der Waals surface area contributed by atoms with E-state index in [9.17, 15) is 4.39 Å². The molecule has 0 aromatic heterocycles. The Labute approximate surface area is 122 Å². The molecule has 1 unspecified atom stereocenters. The summed E-state index contributed by atoms with van der Waals surface area (Å²) in [5, 5.41) is 0.812. The van der Waals surface area contributed by atoms with Gasteiger partial charge in [-0.05, 0) is 36.1 Å². The van der Waals surface area contributed by atoms with Crippen LogP contribution in [0.5, 0.6) is 0 Å². The molecule has 0 heterocycles. The molecule has 0 spiro atoms. The summed E-state index contributed by atoms with van der Waals surface area (Å²) < 4.78 is 13.8. The Morgan fingerprint density at radius 1 is 0.895 bits per heavy atom. The molecular weight excluding hydrogens is 284 g/mol. The van der Waals surface area contributed by atoms with Crippen LogP contribution in [0.2, 0.25) is 10.0 Å². The molecule has 1 atom stereocenters. The van der Waals surface area contributed by atoms with Crippen molar-refractivity contribution in [1.29, 1.82) is 0 Å². The predicted molar refractivity (Wildman–Crippen MR) is 78.2 cm³/mol. The minimum Gasteiger partial charge on any atom is -0.327 e. The summed E-state index contributed by atoms with van der Waals surface area (Å²) in [6.45, 7) is 0. The molecule has 0 saturated carbocycles. The third kappa shape index (κ3) is 3.69. The molecule has 19 heavy (non-hydrogen) atoms. The monoisotopic (exact) mass is 297 g/mol. The zero-order valence-electron chi connectivity index (χ0n) is 10.2. The van der Waals surface area contributed by atoms with Crippen LogP contribution in [0.15, 0.2) is 42.5 Å². The van der Waals surface area contributed by atoms with E-state index in [1.54, 1.807) is 12.1 Å². The first-order valence-electron chi connectivity index (χ1n) is 6.00. The van der Waals surface area contributed by atoms with E-state index in [0.717, 1.165) is 5.56 Å². The number of benzene rings is 2. The first-order valence-corrected chi connectivity index (χ1v) is 6.75. The van der Waals surface area contributed by atoms with Crippen molar-refractivity contribution in [2.75, 3.05) is 0 Å². The van der Waals surface area contributed by atoms with Gasteiger partial charge in [0, 0.05) is 11.1 Å². The van der Waals surface area contributed by atoms with E-state index in [1.807, 2.05) is 24.3 Å². The Morgan fingerprint density at radius 3 is 2.21 bits per heavy atom. The number of hydrogen-bond donors (Lipinski definition) is 1. The lowest BCUT2D eigenvalue weighted by atomic mass is 9.99. The van der Waals surface area contributed by atoms with E-state index in [0.29, 0.717) is 23.4 Å². The smallest absolute Gasteiger partial charge is 0.145 e. The second-order valence-corrected chi connectivity index (χ2v) is 5.29. The van der Waals surface area contributed by atoms with Gasteiger partial charge >= 0.3 is 0 Å². The molecule has 0 aliphatic rings. The van der Waals surface area contributed by atoms with Crippen molar-refractivity contribution in [3.63, 3.8) is 0 Å². The topological polar surface area (TPSA) is 26.0 Å². The molecule has 2 rings (SSSR count). The van der Waals surface area contributed by atoms with Crippen molar-refractivity contribution in [2.45, 2.75) is 18.9 Å². The fraction of sp³-hybridized carbons (Fsp3) is 0.200. The van der Waals surface area contributed by atoms with Gasteiger partial charge in [0.2, 0.25) is 0 Å². The Bertz CT molecular complexity index is 572. The van der Waals surface area contributed by atoms with E-state index in [1.165, 1.54) is 6.07 Å². The van der Waals surface area contributed by atoms with Crippen molar-refractivity contribution >= 4 is 23.2 Å². The predicted octanol–water partition coefficient (Wildman–Crippen LogP) is 4.25. The second kappa shape index (κ2) is 6.38. The minimum atomic E-state index is -0.390. The van der Waals surface area contributed by atoms with Gasteiger partial charge in [0.15, 0.2) is 0 Å². The average molecular weight is 298 g/mol. The second-order valence-electron chi connectivity index (χ2n) is 4.47. The van der Waals surface area contributed by atoms with Crippen LogP contribution in [-0.4, -0.2) is 6.04 Å². The molecule has 0 radical (unpaired) electrons. The third-order valence-corrected chi connectivity index (χ3v) is 3.61. The maximum Gasteiger partial charge on any atom is 0.145 e. The zero-order valence-corrected chi connectivity index (χ0v) is 11.8. The summed E-state index contributed by atoms with van der Waals surface area (Å²) in [4.78, 5) is 0.